The maximum atomic E-state index is 12.9. The fourth-order valence-corrected chi connectivity index (χ4v) is 4.53. The van der Waals surface area contributed by atoms with Crippen LogP contribution in [-0.4, -0.2) is 37.5 Å². The second kappa shape index (κ2) is 8.87. The fraction of sp³-hybridized carbons (Fsp3) is 0.391. The fourth-order valence-electron chi connectivity index (χ4n) is 4.30. The molecule has 1 atom stereocenters. The molecule has 4 rings (SSSR count). The van der Waals surface area contributed by atoms with E-state index < -0.39 is 0 Å². The molecule has 2 aromatic rings. The Bertz CT molecular complexity index is 901. The number of carbonyl (C=O) groups is 2. The number of anilines is 2. The molecule has 2 aliphatic heterocycles. The molecule has 2 aliphatic rings. The van der Waals surface area contributed by atoms with Gasteiger partial charge >= 0.3 is 0 Å². The van der Waals surface area contributed by atoms with Crippen molar-refractivity contribution in [3.8, 4) is 0 Å². The summed E-state index contributed by atoms with van der Waals surface area (Å²) in [6.07, 6.45) is 3.37. The lowest BCUT2D eigenvalue weighted by molar-refractivity contribution is -0.125. The molecular formula is C23H26ClN3O2. The van der Waals surface area contributed by atoms with Crippen LogP contribution in [0.2, 0.25) is 5.02 Å². The highest BCUT2D eigenvalue weighted by atomic mass is 35.5. The highest BCUT2D eigenvalue weighted by Crippen LogP contribution is 2.39. The normalized spacial score (nSPS) is 17.6. The molecular weight excluding hydrogens is 386 g/mol. The highest BCUT2D eigenvalue weighted by Gasteiger charge is 2.35. The van der Waals surface area contributed by atoms with Gasteiger partial charge in [0.15, 0.2) is 0 Å². The van der Waals surface area contributed by atoms with Crippen molar-refractivity contribution in [1.29, 1.82) is 0 Å². The minimum Gasteiger partial charge on any atom is -0.365 e. The van der Waals surface area contributed by atoms with Gasteiger partial charge in [0.05, 0.1) is 11.4 Å². The number of fused-ring (bicyclic) bond motifs is 3. The van der Waals surface area contributed by atoms with Crippen molar-refractivity contribution >= 4 is 34.8 Å². The molecule has 2 heterocycles. The summed E-state index contributed by atoms with van der Waals surface area (Å²) in [6, 6.07) is 16.1. The zero-order valence-corrected chi connectivity index (χ0v) is 17.2. The third-order valence-electron chi connectivity index (χ3n) is 5.79. The number of benzene rings is 2. The minimum atomic E-state index is -0.0989. The van der Waals surface area contributed by atoms with Gasteiger partial charge in [-0.2, -0.15) is 0 Å². The average Bonchev–Trinajstić information content (AvgIpc) is 3.22. The Morgan fingerprint density at radius 2 is 1.79 bits per heavy atom. The highest BCUT2D eigenvalue weighted by molar-refractivity contribution is 6.31. The van der Waals surface area contributed by atoms with Crippen molar-refractivity contribution in [1.82, 2.24) is 5.32 Å². The first-order chi connectivity index (χ1) is 14.1. The zero-order valence-electron chi connectivity index (χ0n) is 16.4. The Hall–Kier alpha value is -2.53. The molecule has 2 aromatic carbocycles. The number of hydrogen-bond acceptors (Lipinski definition) is 3. The van der Waals surface area contributed by atoms with Crippen molar-refractivity contribution in [3.63, 3.8) is 0 Å². The van der Waals surface area contributed by atoms with Crippen molar-refractivity contribution in [2.24, 2.45) is 0 Å². The summed E-state index contributed by atoms with van der Waals surface area (Å²) in [5.74, 6) is -0.0801. The Morgan fingerprint density at radius 1 is 1.03 bits per heavy atom. The number of halogens is 1. The number of nitrogens with one attached hydrogen (secondary N) is 1. The monoisotopic (exact) mass is 411 g/mol. The van der Waals surface area contributed by atoms with E-state index in [-0.39, 0.29) is 24.7 Å². The van der Waals surface area contributed by atoms with Crippen LogP contribution in [-0.2, 0) is 16.0 Å². The van der Waals surface area contributed by atoms with Crippen LogP contribution in [0.4, 0.5) is 11.4 Å². The molecule has 6 heteroatoms. The number of carbonyl (C=O) groups excluding carboxylic acids is 2. The Kier molecular flexibility index (Phi) is 6.05. The molecule has 0 bridgehead atoms. The minimum absolute atomic E-state index is 0.0188. The molecule has 5 nitrogen and oxygen atoms in total. The summed E-state index contributed by atoms with van der Waals surface area (Å²) >= 11 is 6.14. The van der Waals surface area contributed by atoms with Crippen LogP contribution in [0.25, 0.3) is 0 Å². The maximum absolute atomic E-state index is 12.9. The maximum Gasteiger partial charge on any atom is 0.227 e. The van der Waals surface area contributed by atoms with Crippen LogP contribution >= 0.6 is 11.6 Å². The summed E-state index contributed by atoms with van der Waals surface area (Å²) < 4.78 is 0. The van der Waals surface area contributed by atoms with E-state index in [1.54, 1.807) is 0 Å². The van der Waals surface area contributed by atoms with E-state index in [1.165, 1.54) is 0 Å². The summed E-state index contributed by atoms with van der Waals surface area (Å²) in [4.78, 5) is 29.4. The van der Waals surface area contributed by atoms with E-state index in [0.29, 0.717) is 30.6 Å². The number of amides is 2. The van der Waals surface area contributed by atoms with Gasteiger partial charge in [-0.3, -0.25) is 9.59 Å². The molecule has 29 heavy (non-hydrogen) atoms. The van der Waals surface area contributed by atoms with Crippen LogP contribution in [0.3, 0.4) is 0 Å². The van der Waals surface area contributed by atoms with Gasteiger partial charge < -0.3 is 15.1 Å². The molecule has 1 N–H and O–H groups in total. The van der Waals surface area contributed by atoms with E-state index in [0.717, 1.165) is 36.3 Å². The SMILES string of the molecule is O=C(CCC(=O)N1CC2CCCN2c2ccccc21)NCCc1ccccc1Cl. The largest absolute Gasteiger partial charge is 0.365 e. The van der Waals surface area contributed by atoms with Gasteiger partial charge in [0.25, 0.3) is 0 Å². The number of hydrogen-bond donors (Lipinski definition) is 1. The van der Waals surface area contributed by atoms with Gasteiger partial charge in [-0.15, -0.1) is 0 Å². The lowest BCUT2D eigenvalue weighted by Gasteiger charge is -2.40. The summed E-state index contributed by atoms with van der Waals surface area (Å²) in [7, 11) is 0. The van der Waals surface area contributed by atoms with E-state index in [4.69, 9.17) is 11.6 Å². The van der Waals surface area contributed by atoms with Gasteiger partial charge in [0.2, 0.25) is 11.8 Å². The van der Waals surface area contributed by atoms with Crippen LogP contribution in [0.5, 0.6) is 0 Å². The number of rotatable bonds is 6. The Labute approximate surface area is 176 Å². The van der Waals surface area contributed by atoms with E-state index in [2.05, 4.69) is 16.3 Å². The quantitative estimate of drug-likeness (QED) is 0.786. The van der Waals surface area contributed by atoms with Crippen LogP contribution in [0.1, 0.15) is 31.2 Å². The Balaban J connectivity index is 1.30. The van der Waals surface area contributed by atoms with Crippen LogP contribution in [0.15, 0.2) is 48.5 Å². The lowest BCUT2D eigenvalue weighted by atomic mass is 10.1. The van der Waals surface area contributed by atoms with E-state index in [9.17, 15) is 9.59 Å². The predicted octanol–water partition coefficient (Wildman–Crippen LogP) is 3.79. The van der Waals surface area contributed by atoms with Crippen molar-refractivity contribution < 1.29 is 9.59 Å². The van der Waals surface area contributed by atoms with Gasteiger partial charge in [-0.1, -0.05) is 41.9 Å². The molecule has 0 aromatic heterocycles. The van der Waals surface area contributed by atoms with Crippen molar-refractivity contribution in [3.05, 3.63) is 59.1 Å². The van der Waals surface area contributed by atoms with Crippen molar-refractivity contribution in [2.45, 2.75) is 38.1 Å². The summed E-state index contributed by atoms with van der Waals surface area (Å²) in [5.41, 5.74) is 3.12. The molecule has 1 saturated heterocycles. The number of nitrogens with zero attached hydrogens (tertiary/aromatic N) is 2. The lowest BCUT2D eigenvalue weighted by Crippen LogP contribution is -2.48. The predicted molar refractivity (Wildman–Crippen MR) is 117 cm³/mol. The van der Waals surface area contributed by atoms with E-state index in [1.807, 2.05) is 47.4 Å². The first-order valence-electron chi connectivity index (χ1n) is 10.3. The van der Waals surface area contributed by atoms with Gasteiger partial charge in [-0.25, -0.2) is 0 Å². The molecule has 152 valence electrons. The van der Waals surface area contributed by atoms with Crippen molar-refractivity contribution in [2.75, 3.05) is 29.4 Å². The molecule has 0 radical (unpaired) electrons. The molecule has 0 spiro atoms. The molecule has 1 fully saturated rings. The van der Waals surface area contributed by atoms with Crippen LogP contribution in [0, 0.1) is 0 Å². The topological polar surface area (TPSA) is 52.7 Å². The average molecular weight is 412 g/mol. The standard InChI is InChI=1S/C23H26ClN3O2/c24-19-8-2-1-6-17(19)13-14-25-22(28)11-12-23(29)27-16-18-7-5-15-26(18)20-9-3-4-10-21(20)27/h1-4,6,8-10,18H,5,7,11-16H2,(H,25,28). The second-order valence-corrected chi connectivity index (χ2v) is 8.08. The third kappa shape index (κ3) is 4.40. The zero-order chi connectivity index (χ0) is 20.2. The molecule has 0 aliphatic carbocycles. The first kappa shape index (κ1) is 19.8. The smallest absolute Gasteiger partial charge is 0.227 e. The third-order valence-corrected chi connectivity index (χ3v) is 6.16. The number of para-hydroxylation sites is 2. The molecule has 2 amide bonds. The summed E-state index contributed by atoms with van der Waals surface area (Å²) in [5, 5.41) is 3.61. The van der Waals surface area contributed by atoms with Gasteiger partial charge in [0.1, 0.15) is 0 Å². The van der Waals surface area contributed by atoms with Gasteiger partial charge in [-0.05, 0) is 43.0 Å². The summed E-state index contributed by atoms with van der Waals surface area (Å²) in [6.45, 7) is 2.28. The van der Waals surface area contributed by atoms with Crippen LogP contribution < -0.4 is 15.1 Å². The van der Waals surface area contributed by atoms with E-state index >= 15 is 0 Å². The molecule has 0 saturated carbocycles. The second-order valence-electron chi connectivity index (χ2n) is 7.67. The Morgan fingerprint density at radius 3 is 2.62 bits per heavy atom. The van der Waals surface area contributed by atoms with Gasteiger partial charge in [0, 0.05) is 43.5 Å². The molecule has 1 unspecified atom stereocenters. The first-order valence-corrected chi connectivity index (χ1v) is 10.7.